The summed E-state index contributed by atoms with van der Waals surface area (Å²) in [5.41, 5.74) is 5.30. The monoisotopic (exact) mass is 1190 g/mol. The first-order valence-corrected chi connectivity index (χ1v) is 29.2. The second-order valence-corrected chi connectivity index (χ2v) is 21.6. The molecule has 79 heavy (non-hydrogen) atoms. The van der Waals surface area contributed by atoms with Gasteiger partial charge < -0.3 is 20.2 Å². The minimum absolute atomic E-state index is 0.141. The quantitative estimate of drug-likeness (QED) is 0.0156. The number of aromatic nitrogens is 1. The minimum atomic E-state index is -1.36. The molecule has 390 valence electrons. The van der Waals surface area contributed by atoms with Gasteiger partial charge in [-0.15, -0.1) is 23.1 Å². The summed E-state index contributed by atoms with van der Waals surface area (Å²) in [5.74, 6) is -1.44. The number of fused-ring (bicyclic) bond motifs is 1. The lowest BCUT2D eigenvalue weighted by Crippen LogP contribution is -2.71. The fraction of sp³-hybridized carbons (Fsp3) is 0.106. The van der Waals surface area contributed by atoms with Gasteiger partial charge in [-0.25, -0.2) is 9.78 Å². The molecule has 2 aliphatic heterocycles. The number of hydrogen-bond donors (Lipinski definition) is 2. The summed E-state index contributed by atoms with van der Waals surface area (Å²) in [4.78, 5) is 58.7. The molecule has 1 aromatic heterocycles. The average Bonchev–Trinajstić information content (AvgIpc) is 4.13. The molecule has 0 bridgehead atoms. The van der Waals surface area contributed by atoms with Crippen LogP contribution >= 0.6 is 45.7 Å². The number of allylic oxidation sites excluding steroid dienone is 2. The van der Waals surface area contributed by atoms with Crippen molar-refractivity contribution in [3.05, 3.63) is 322 Å². The van der Waals surface area contributed by atoms with Gasteiger partial charge >= 0.3 is 5.97 Å². The number of nitrogens with one attached hydrogen (secondary N) is 2. The van der Waals surface area contributed by atoms with Crippen molar-refractivity contribution in [3.63, 3.8) is 0 Å². The number of rotatable bonds is 19. The van der Waals surface area contributed by atoms with Crippen molar-refractivity contribution in [2.24, 2.45) is 5.16 Å². The lowest BCUT2D eigenvalue weighted by atomic mass is 9.77. The molecule has 3 heterocycles. The smallest absolute Gasteiger partial charge is 0.356 e. The van der Waals surface area contributed by atoms with Crippen LogP contribution in [0.4, 0.5) is 5.13 Å². The number of halogens is 1. The van der Waals surface area contributed by atoms with Crippen LogP contribution in [0.2, 0.25) is 0 Å². The summed E-state index contributed by atoms with van der Waals surface area (Å²) in [6, 6.07) is 77.9. The Morgan fingerprint density at radius 2 is 1.08 bits per heavy atom. The number of benzene rings is 8. The van der Waals surface area contributed by atoms with Gasteiger partial charge in [0.25, 0.3) is 11.8 Å². The zero-order valence-electron chi connectivity index (χ0n) is 42.5. The third-order valence-electron chi connectivity index (χ3n) is 14.0. The van der Waals surface area contributed by atoms with Crippen LogP contribution in [0.3, 0.4) is 0 Å². The highest BCUT2D eigenvalue weighted by Crippen LogP contribution is 2.45. The molecule has 1 fully saturated rings. The highest BCUT2D eigenvalue weighted by Gasteiger charge is 2.55. The maximum absolute atomic E-state index is 15.5. The number of hydrogen-bond acceptors (Lipinski definition) is 10. The number of β-lactam (4-membered cyclic amide) rings is 1. The maximum atomic E-state index is 15.5. The average molecular weight is 1190 g/mol. The first kappa shape index (κ1) is 52.7. The van der Waals surface area contributed by atoms with E-state index in [-0.39, 0.29) is 17.1 Å². The maximum Gasteiger partial charge on any atom is 0.356 e. The summed E-state index contributed by atoms with van der Waals surface area (Å²) >= 11 is 5.01. The summed E-state index contributed by atoms with van der Waals surface area (Å²) in [6.07, 6.45) is 3.08. The van der Waals surface area contributed by atoms with Crippen molar-refractivity contribution < 1.29 is 24.0 Å². The number of carbonyl (C=O) groups excluding carboxylic acids is 3. The molecule has 1 saturated heterocycles. The number of carbonyl (C=O) groups is 3. The third kappa shape index (κ3) is 10.7. The molecular formula is C66H52IN5O5S2. The predicted molar refractivity (Wildman–Crippen MR) is 323 cm³/mol. The van der Waals surface area contributed by atoms with E-state index in [2.05, 4.69) is 69.6 Å². The molecule has 10 nitrogen and oxygen atoms in total. The zero-order valence-corrected chi connectivity index (χ0v) is 46.3. The van der Waals surface area contributed by atoms with Gasteiger partial charge in [-0.05, 0) is 33.4 Å². The van der Waals surface area contributed by atoms with E-state index in [1.54, 1.807) is 5.38 Å². The molecule has 11 rings (SSSR count). The van der Waals surface area contributed by atoms with E-state index in [0.717, 1.165) is 44.5 Å². The molecule has 0 aliphatic carbocycles. The van der Waals surface area contributed by atoms with Crippen LogP contribution < -0.4 is 10.6 Å². The number of thiazole rings is 1. The zero-order chi connectivity index (χ0) is 54.0. The summed E-state index contributed by atoms with van der Waals surface area (Å²) in [7, 11) is 0. The Bertz CT molecular complexity index is 3400. The van der Waals surface area contributed by atoms with Crippen molar-refractivity contribution in [1.82, 2.24) is 15.2 Å². The largest absolute Gasteiger partial charge is 0.448 e. The van der Waals surface area contributed by atoms with Gasteiger partial charge in [-0.1, -0.05) is 283 Å². The normalized spacial score (nSPS) is 15.5. The SMILES string of the molecule is O=C(OC(c1ccccc1)c1ccccc1)C1=C(/C=C/CI)CS[C@@H]2C(NC(=O)/C(=N\OC(c3ccccc3)(c3ccccc3)c3ccccc3)c3csc(NC(c4ccccc4)(c4ccccc4)c4ccccc4)n3)C(=O)N12. The van der Waals surface area contributed by atoms with Gasteiger partial charge in [0.15, 0.2) is 16.9 Å². The number of anilines is 1. The Labute approximate surface area is 481 Å². The number of alkyl halides is 1. The Kier molecular flexibility index (Phi) is 16.1. The lowest BCUT2D eigenvalue weighted by Gasteiger charge is -2.49. The molecule has 9 aromatic rings. The van der Waals surface area contributed by atoms with Crippen molar-refractivity contribution >= 4 is 74.3 Å². The fourth-order valence-electron chi connectivity index (χ4n) is 10.3. The van der Waals surface area contributed by atoms with Gasteiger partial charge in [-0.2, -0.15) is 0 Å². The number of amides is 2. The second kappa shape index (κ2) is 24.1. The Morgan fingerprint density at radius 3 is 1.52 bits per heavy atom. The molecule has 2 aliphatic rings. The lowest BCUT2D eigenvalue weighted by molar-refractivity contribution is -0.154. The van der Waals surface area contributed by atoms with Crippen LogP contribution in [-0.2, 0) is 35.1 Å². The number of ether oxygens (including phenoxy) is 1. The highest BCUT2D eigenvalue weighted by molar-refractivity contribution is 14.1. The first-order valence-electron chi connectivity index (χ1n) is 25.7. The van der Waals surface area contributed by atoms with Gasteiger partial charge in [0.05, 0.1) is 0 Å². The topological polar surface area (TPSA) is 122 Å². The molecule has 8 aromatic carbocycles. The van der Waals surface area contributed by atoms with Crippen LogP contribution in [-0.4, -0.2) is 55.0 Å². The molecule has 1 unspecified atom stereocenters. The fourth-order valence-corrected chi connectivity index (χ4v) is 12.6. The van der Waals surface area contributed by atoms with Crippen molar-refractivity contribution in [2.75, 3.05) is 15.5 Å². The second-order valence-electron chi connectivity index (χ2n) is 18.7. The molecule has 0 radical (unpaired) electrons. The first-order chi connectivity index (χ1) is 38.9. The van der Waals surface area contributed by atoms with E-state index in [1.165, 1.54) is 28.0 Å². The summed E-state index contributed by atoms with van der Waals surface area (Å²) in [6.45, 7) is 0. The Morgan fingerprint density at radius 1 is 0.646 bits per heavy atom. The van der Waals surface area contributed by atoms with Crippen LogP contribution in [0.1, 0.15) is 56.3 Å². The van der Waals surface area contributed by atoms with E-state index >= 15 is 4.79 Å². The minimum Gasteiger partial charge on any atom is -0.448 e. The number of oxime groups is 1. The van der Waals surface area contributed by atoms with Gasteiger partial charge in [0.1, 0.15) is 28.3 Å². The van der Waals surface area contributed by atoms with E-state index in [4.69, 9.17) is 19.7 Å². The van der Waals surface area contributed by atoms with Crippen molar-refractivity contribution in [2.45, 2.75) is 28.7 Å². The van der Waals surface area contributed by atoms with E-state index in [1.807, 2.05) is 218 Å². The van der Waals surface area contributed by atoms with E-state index < -0.39 is 46.4 Å². The van der Waals surface area contributed by atoms with Crippen LogP contribution in [0, 0.1) is 0 Å². The van der Waals surface area contributed by atoms with Gasteiger partial charge in [0, 0.05) is 32.3 Å². The summed E-state index contributed by atoms with van der Waals surface area (Å²) < 4.78 is 7.09. The number of nitrogens with zero attached hydrogens (tertiary/aromatic N) is 3. The Balaban J connectivity index is 0.987. The molecule has 13 heteroatoms. The van der Waals surface area contributed by atoms with E-state index in [9.17, 15) is 9.59 Å². The molecule has 0 saturated carbocycles. The molecule has 0 spiro atoms. The summed E-state index contributed by atoms with van der Waals surface area (Å²) in [5, 5.41) is 13.4. The number of esters is 1. The third-order valence-corrected chi connectivity index (χ3v) is 16.6. The molecule has 2 amide bonds. The van der Waals surface area contributed by atoms with Crippen molar-refractivity contribution in [1.29, 1.82) is 0 Å². The highest BCUT2D eigenvalue weighted by atomic mass is 127. The van der Waals surface area contributed by atoms with Crippen LogP contribution in [0.15, 0.2) is 277 Å². The molecule has 2 N–H and O–H groups in total. The molecule has 2 atom stereocenters. The standard InChI is InChI=1S/C66H52IN5O5S2/c67-43-25-30-48-44-78-62-57(61(74)72(62)58(48)63(75)76-59(46-26-9-1-10-27-46)47-28-11-2-12-29-47)69-60(73)56(71-77-66(52-37-19-6-20-38-52,53-39-21-7-22-40-53)54-41-23-8-24-42-54)55-45-79-64(68-55)70-65(49-31-13-3-14-32-49,50-33-15-4-16-34-50)51-35-17-5-18-36-51/h1-42,45,57,59,62H,43-44H2,(H,68,70)(H,69,73)/b30-25+,71-56-/t57?,62-/m1/s1. The van der Waals surface area contributed by atoms with Gasteiger partial charge in [-0.3, -0.25) is 14.5 Å². The van der Waals surface area contributed by atoms with Gasteiger partial charge in [0.2, 0.25) is 5.60 Å². The predicted octanol–water partition coefficient (Wildman–Crippen LogP) is 13.2. The van der Waals surface area contributed by atoms with E-state index in [0.29, 0.717) is 20.9 Å². The van der Waals surface area contributed by atoms with Crippen molar-refractivity contribution in [3.8, 4) is 0 Å². The molecular weight excluding hydrogens is 1130 g/mol. The van der Waals surface area contributed by atoms with Crippen LogP contribution in [0.25, 0.3) is 0 Å². The Hall–Kier alpha value is -8.37. The number of thioether (sulfide) groups is 1. The van der Waals surface area contributed by atoms with Crippen LogP contribution in [0.5, 0.6) is 0 Å².